The summed E-state index contributed by atoms with van der Waals surface area (Å²) < 4.78 is 1.08. The van der Waals surface area contributed by atoms with Crippen molar-refractivity contribution in [3.8, 4) is 11.1 Å². The number of aromatic nitrogens is 2. The van der Waals surface area contributed by atoms with E-state index >= 15 is 0 Å². The highest BCUT2D eigenvalue weighted by Crippen LogP contribution is 2.21. The second-order valence-corrected chi connectivity index (χ2v) is 3.41. The second kappa shape index (κ2) is 3.11. The van der Waals surface area contributed by atoms with Crippen LogP contribution in [0.25, 0.3) is 11.1 Å². The fourth-order valence-corrected chi connectivity index (χ4v) is 1.48. The molecule has 2 nitrogen and oxygen atoms in total. The Kier molecular flexibility index (Phi) is 1.96. The molecule has 1 aromatic carbocycles. The molecule has 0 radical (unpaired) electrons. The van der Waals surface area contributed by atoms with Gasteiger partial charge in [-0.3, -0.25) is 5.10 Å². The van der Waals surface area contributed by atoms with Crippen LogP contribution in [0.1, 0.15) is 0 Å². The van der Waals surface area contributed by atoms with Crippen molar-refractivity contribution in [3.05, 3.63) is 41.1 Å². The van der Waals surface area contributed by atoms with Gasteiger partial charge in [-0.25, -0.2) is 0 Å². The number of rotatable bonds is 1. The second-order valence-electron chi connectivity index (χ2n) is 2.50. The number of aromatic amines is 1. The number of hydrogen-bond acceptors (Lipinski definition) is 1. The largest absolute Gasteiger partial charge is 0.285 e. The Morgan fingerprint density at radius 3 is 2.83 bits per heavy atom. The van der Waals surface area contributed by atoms with Crippen molar-refractivity contribution in [2.75, 3.05) is 0 Å². The van der Waals surface area contributed by atoms with E-state index in [0.29, 0.717) is 0 Å². The van der Waals surface area contributed by atoms with Gasteiger partial charge in [-0.1, -0.05) is 28.1 Å². The van der Waals surface area contributed by atoms with Crippen molar-refractivity contribution in [1.29, 1.82) is 0 Å². The van der Waals surface area contributed by atoms with E-state index in [1.54, 1.807) is 0 Å². The van der Waals surface area contributed by atoms with Gasteiger partial charge in [0.25, 0.3) is 0 Å². The first-order valence-electron chi connectivity index (χ1n) is 3.61. The number of benzene rings is 1. The molecule has 0 fully saturated rings. The highest BCUT2D eigenvalue weighted by Gasteiger charge is 1.97. The summed E-state index contributed by atoms with van der Waals surface area (Å²) in [6.07, 6.45) is 3.68. The minimum atomic E-state index is 1.08. The van der Waals surface area contributed by atoms with Gasteiger partial charge in [0.05, 0.1) is 6.20 Å². The Balaban J connectivity index is 2.48. The molecule has 0 atom stereocenters. The van der Waals surface area contributed by atoms with Gasteiger partial charge in [-0.05, 0) is 17.7 Å². The van der Waals surface area contributed by atoms with Gasteiger partial charge in [0.1, 0.15) is 0 Å². The fraction of sp³-hybridized carbons (Fsp3) is 0. The maximum absolute atomic E-state index is 3.89. The zero-order valence-corrected chi connectivity index (χ0v) is 7.88. The summed E-state index contributed by atoms with van der Waals surface area (Å²) in [4.78, 5) is 0. The van der Waals surface area contributed by atoms with Crippen molar-refractivity contribution in [3.63, 3.8) is 0 Å². The van der Waals surface area contributed by atoms with E-state index in [9.17, 15) is 0 Å². The zero-order valence-electron chi connectivity index (χ0n) is 6.29. The van der Waals surface area contributed by atoms with E-state index in [4.69, 9.17) is 0 Å². The van der Waals surface area contributed by atoms with Crippen molar-refractivity contribution in [2.45, 2.75) is 0 Å². The van der Waals surface area contributed by atoms with Crippen LogP contribution in [-0.4, -0.2) is 10.2 Å². The van der Waals surface area contributed by atoms with Gasteiger partial charge >= 0.3 is 0 Å². The molecule has 0 unspecified atom stereocenters. The number of hydrogen-bond donors (Lipinski definition) is 1. The SMILES string of the molecule is Brc1cccc(-c2cn[nH]c2)c1. The summed E-state index contributed by atoms with van der Waals surface area (Å²) in [6, 6.07) is 8.12. The van der Waals surface area contributed by atoms with Gasteiger partial charge in [-0.2, -0.15) is 5.10 Å². The van der Waals surface area contributed by atoms with Gasteiger partial charge < -0.3 is 0 Å². The quantitative estimate of drug-likeness (QED) is 0.791. The predicted octanol–water partition coefficient (Wildman–Crippen LogP) is 2.84. The lowest BCUT2D eigenvalue weighted by molar-refractivity contribution is 1.09. The van der Waals surface area contributed by atoms with Crippen LogP contribution in [0.2, 0.25) is 0 Å². The normalized spacial score (nSPS) is 10.1. The highest BCUT2D eigenvalue weighted by atomic mass is 79.9. The summed E-state index contributed by atoms with van der Waals surface area (Å²) in [7, 11) is 0. The first-order valence-corrected chi connectivity index (χ1v) is 4.40. The van der Waals surface area contributed by atoms with Crippen molar-refractivity contribution in [2.24, 2.45) is 0 Å². The van der Waals surface area contributed by atoms with Gasteiger partial charge in [0.2, 0.25) is 0 Å². The fourth-order valence-electron chi connectivity index (χ4n) is 1.08. The molecule has 60 valence electrons. The number of nitrogens with one attached hydrogen (secondary N) is 1. The first-order chi connectivity index (χ1) is 5.86. The van der Waals surface area contributed by atoms with Crippen LogP contribution in [0, 0.1) is 0 Å². The van der Waals surface area contributed by atoms with E-state index in [0.717, 1.165) is 15.6 Å². The lowest BCUT2D eigenvalue weighted by Gasteiger charge is -1.95. The van der Waals surface area contributed by atoms with Gasteiger partial charge in [-0.15, -0.1) is 0 Å². The molecule has 0 saturated heterocycles. The summed E-state index contributed by atoms with van der Waals surface area (Å²) in [5.41, 5.74) is 2.27. The molecule has 0 bridgehead atoms. The van der Waals surface area contributed by atoms with Crippen LogP contribution < -0.4 is 0 Å². The summed E-state index contributed by atoms with van der Waals surface area (Å²) >= 11 is 3.42. The molecule has 2 aromatic rings. The van der Waals surface area contributed by atoms with E-state index in [1.165, 1.54) is 0 Å². The Labute approximate surface area is 78.8 Å². The minimum absolute atomic E-state index is 1.08. The first kappa shape index (κ1) is 7.55. The Morgan fingerprint density at radius 1 is 1.25 bits per heavy atom. The van der Waals surface area contributed by atoms with E-state index in [-0.39, 0.29) is 0 Å². The molecule has 0 aliphatic rings. The smallest absolute Gasteiger partial charge is 0.0565 e. The summed E-state index contributed by atoms with van der Waals surface area (Å²) in [5, 5.41) is 6.67. The van der Waals surface area contributed by atoms with Crippen LogP contribution in [0.4, 0.5) is 0 Å². The molecule has 1 aromatic heterocycles. The Morgan fingerprint density at radius 2 is 2.17 bits per heavy atom. The zero-order chi connectivity index (χ0) is 8.39. The van der Waals surface area contributed by atoms with E-state index in [1.807, 2.05) is 24.5 Å². The van der Waals surface area contributed by atoms with Crippen LogP contribution in [0.15, 0.2) is 41.1 Å². The van der Waals surface area contributed by atoms with Crippen LogP contribution in [0.5, 0.6) is 0 Å². The van der Waals surface area contributed by atoms with Gasteiger partial charge in [0.15, 0.2) is 0 Å². The van der Waals surface area contributed by atoms with Crippen molar-refractivity contribution >= 4 is 15.9 Å². The molecule has 0 saturated carbocycles. The third-order valence-corrected chi connectivity index (χ3v) is 2.15. The molecule has 0 aliphatic carbocycles. The Bertz CT molecular complexity index is 368. The predicted molar refractivity (Wildman–Crippen MR) is 51.7 cm³/mol. The molecule has 0 aliphatic heterocycles. The van der Waals surface area contributed by atoms with E-state index < -0.39 is 0 Å². The summed E-state index contributed by atoms with van der Waals surface area (Å²) in [6.45, 7) is 0. The molecule has 12 heavy (non-hydrogen) atoms. The molecular weight excluding hydrogens is 216 g/mol. The molecule has 3 heteroatoms. The van der Waals surface area contributed by atoms with Crippen LogP contribution >= 0.6 is 15.9 Å². The average Bonchev–Trinajstić information content (AvgIpc) is 2.56. The minimum Gasteiger partial charge on any atom is -0.285 e. The topological polar surface area (TPSA) is 28.7 Å². The third-order valence-electron chi connectivity index (χ3n) is 1.66. The molecule has 1 N–H and O–H groups in total. The van der Waals surface area contributed by atoms with E-state index in [2.05, 4.69) is 38.3 Å². The maximum atomic E-state index is 3.89. The van der Waals surface area contributed by atoms with Crippen LogP contribution in [-0.2, 0) is 0 Å². The average molecular weight is 223 g/mol. The number of halogens is 1. The number of H-pyrrole nitrogens is 1. The monoisotopic (exact) mass is 222 g/mol. The molecular formula is C9H7BrN2. The van der Waals surface area contributed by atoms with Crippen LogP contribution in [0.3, 0.4) is 0 Å². The number of nitrogens with zero attached hydrogens (tertiary/aromatic N) is 1. The van der Waals surface area contributed by atoms with Crippen molar-refractivity contribution < 1.29 is 0 Å². The lowest BCUT2D eigenvalue weighted by atomic mass is 10.1. The standard InChI is InChI=1S/C9H7BrN2/c10-9-3-1-2-7(4-9)8-5-11-12-6-8/h1-6H,(H,11,12). The molecule has 0 spiro atoms. The Hall–Kier alpha value is -1.09. The maximum Gasteiger partial charge on any atom is 0.0565 e. The molecule has 2 rings (SSSR count). The summed E-state index contributed by atoms with van der Waals surface area (Å²) in [5.74, 6) is 0. The lowest BCUT2D eigenvalue weighted by Crippen LogP contribution is -1.72. The highest BCUT2D eigenvalue weighted by molar-refractivity contribution is 9.10. The molecule has 1 heterocycles. The van der Waals surface area contributed by atoms with Gasteiger partial charge in [0, 0.05) is 16.2 Å². The third kappa shape index (κ3) is 1.41. The van der Waals surface area contributed by atoms with Crippen molar-refractivity contribution in [1.82, 2.24) is 10.2 Å². The molecule has 0 amide bonds.